The van der Waals surface area contributed by atoms with E-state index in [2.05, 4.69) is 15.9 Å². The van der Waals surface area contributed by atoms with Crippen molar-refractivity contribution < 1.29 is 12.8 Å². The van der Waals surface area contributed by atoms with Crippen LogP contribution >= 0.6 is 23.4 Å². The van der Waals surface area contributed by atoms with Gasteiger partial charge in [-0.1, -0.05) is 11.6 Å². The maximum atomic E-state index is 13.4. The molecule has 0 radical (unpaired) electrons. The zero-order valence-electron chi connectivity index (χ0n) is 13.3. The van der Waals surface area contributed by atoms with E-state index < -0.39 is 15.8 Å². The number of halogens is 2. The Morgan fingerprint density at radius 2 is 2.04 bits per heavy atom. The van der Waals surface area contributed by atoms with E-state index in [4.69, 9.17) is 11.6 Å². The highest BCUT2D eigenvalue weighted by molar-refractivity contribution is 7.98. The van der Waals surface area contributed by atoms with Crippen molar-refractivity contribution in [3.8, 4) is 0 Å². The van der Waals surface area contributed by atoms with Crippen LogP contribution in [0.15, 0.2) is 17.0 Å². The summed E-state index contributed by atoms with van der Waals surface area (Å²) in [5, 5.41) is -0.0852. The largest absolute Gasteiger partial charge is 0.302 e. The third kappa shape index (κ3) is 5.06. The number of hydrogen-bond acceptors (Lipinski definition) is 4. The second-order valence-corrected chi connectivity index (χ2v) is 8.84. The summed E-state index contributed by atoms with van der Waals surface area (Å²) in [6.07, 6.45) is 3.62. The van der Waals surface area contributed by atoms with Crippen LogP contribution in [0, 0.1) is 12.7 Å². The number of sulfonamides is 1. The first-order valence-corrected chi connectivity index (χ1v) is 10.8. The molecule has 0 aliphatic carbocycles. The lowest BCUT2D eigenvalue weighted by atomic mass is 10.1. The highest BCUT2D eigenvalue weighted by Gasteiger charge is 2.26. The van der Waals surface area contributed by atoms with Crippen LogP contribution in [-0.2, 0) is 10.0 Å². The molecule has 1 saturated heterocycles. The number of hydrogen-bond donors (Lipinski definition) is 1. The Balaban J connectivity index is 2.01. The summed E-state index contributed by atoms with van der Waals surface area (Å²) in [6.45, 7) is 4.31. The van der Waals surface area contributed by atoms with Gasteiger partial charge in [0.1, 0.15) is 10.7 Å². The SMILES string of the molecule is CSCCN1CCC(NS(=O)(=O)c2cc(C)c(F)cc2Cl)CC1. The van der Waals surface area contributed by atoms with E-state index >= 15 is 0 Å². The van der Waals surface area contributed by atoms with Crippen LogP contribution in [-0.4, -0.2) is 51.0 Å². The molecule has 1 aliphatic heterocycles. The van der Waals surface area contributed by atoms with Crippen LogP contribution in [0.4, 0.5) is 4.39 Å². The number of likely N-dealkylation sites (tertiary alicyclic amines) is 1. The van der Waals surface area contributed by atoms with Gasteiger partial charge in [-0.2, -0.15) is 11.8 Å². The molecule has 1 N–H and O–H groups in total. The Labute approximate surface area is 146 Å². The normalized spacial score (nSPS) is 17.6. The molecule has 1 aromatic carbocycles. The Hall–Kier alpha value is -0.340. The molecule has 0 saturated carbocycles. The number of benzene rings is 1. The molecular weight excluding hydrogens is 359 g/mol. The highest BCUT2D eigenvalue weighted by atomic mass is 35.5. The van der Waals surface area contributed by atoms with Crippen molar-refractivity contribution in [2.45, 2.75) is 30.7 Å². The predicted molar refractivity (Wildman–Crippen MR) is 94.3 cm³/mol. The molecular formula is C15H22ClFN2O2S2. The summed E-state index contributed by atoms with van der Waals surface area (Å²) in [4.78, 5) is 2.29. The van der Waals surface area contributed by atoms with Gasteiger partial charge in [-0.15, -0.1) is 0 Å². The van der Waals surface area contributed by atoms with Gasteiger partial charge in [-0.05, 0) is 56.8 Å². The smallest absolute Gasteiger partial charge is 0.242 e. The fourth-order valence-electron chi connectivity index (χ4n) is 2.61. The number of piperidine rings is 1. The van der Waals surface area contributed by atoms with Crippen molar-refractivity contribution in [3.63, 3.8) is 0 Å². The van der Waals surface area contributed by atoms with E-state index in [1.165, 1.54) is 13.0 Å². The van der Waals surface area contributed by atoms with Gasteiger partial charge >= 0.3 is 0 Å². The number of thioether (sulfide) groups is 1. The van der Waals surface area contributed by atoms with E-state index in [0.29, 0.717) is 0 Å². The van der Waals surface area contributed by atoms with Crippen LogP contribution in [0.3, 0.4) is 0 Å². The molecule has 0 spiro atoms. The fraction of sp³-hybridized carbons (Fsp3) is 0.600. The fourth-order valence-corrected chi connectivity index (χ4v) is 4.96. The van der Waals surface area contributed by atoms with E-state index in [9.17, 15) is 12.8 Å². The van der Waals surface area contributed by atoms with Gasteiger partial charge in [0, 0.05) is 18.3 Å². The minimum absolute atomic E-state index is 0.0529. The summed E-state index contributed by atoms with van der Waals surface area (Å²) in [5.41, 5.74) is 0.265. The van der Waals surface area contributed by atoms with E-state index in [1.807, 2.05) is 11.8 Å². The number of rotatable bonds is 6. The lowest BCUT2D eigenvalue weighted by molar-refractivity contribution is 0.218. The van der Waals surface area contributed by atoms with E-state index in [0.717, 1.165) is 44.3 Å². The Morgan fingerprint density at radius 3 is 2.65 bits per heavy atom. The van der Waals surface area contributed by atoms with Gasteiger partial charge in [-0.25, -0.2) is 17.5 Å². The number of nitrogens with one attached hydrogen (secondary N) is 1. The minimum Gasteiger partial charge on any atom is -0.302 e. The maximum absolute atomic E-state index is 13.4. The van der Waals surface area contributed by atoms with Crippen LogP contribution in [0.2, 0.25) is 5.02 Å². The molecule has 1 aromatic rings. The minimum atomic E-state index is -3.74. The molecule has 0 aromatic heterocycles. The first-order valence-electron chi connectivity index (χ1n) is 7.53. The van der Waals surface area contributed by atoms with Crippen molar-refractivity contribution in [2.24, 2.45) is 0 Å². The second-order valence-electron chi connectivity index (χ2n) is 5.76. The molecule has 0 unspecified atom stereocenters. The highest BCUT2D eigenvalue weighted by Crippen LogP contribution is 2.25. The number of aryl methyl sites for hydroxylation is 1. The molecule has 130 valence electrons. The lowest BCUT2D eigenvalue weighted by Crippen LogP contribution is -2.45. The van der Waals surface area contributed by atoms with Gasteiger partial charge in [0.05, 0.1) is 5.02 Å². The first-order chi connectivity index (χ1) is 10.8. The Bertz CT molecular complexity index is 647. The molecule has 1 fully saturated rings. The van der Waals surface area contributed by atoms with Crippen molar-refractivity contribution >= 4 is 33.4 Å². The number of nitrogens with zero attached hydrogens (tertiary/aromatic N) is 1. The zero-order chi connectivity index (χ0) is 17.0. The molecule has 23 heavy (non-hydrogen) atoms. The van der Waals surface area contributed by atoms with Crippen molar-refractivity contribution in [3.05, 3.63) is 28.5 Å². The molecule has 0 bridgehead atoms. The van der Waals surface area contributed by atoms with Gasteiger partial charge in [0.15, 0.2) is 0 Å². The third-order valence-electron chi connectivity index (χ3n) is 4.02. The van der Waals surface area contributed by atoms with Crippen molar-refractivity contribution in [1.29, 1.82) is 0 Å². The summed E-state index contributed by atoms with van der Waals surface area (Å²) >= 11 is 7.72. The van der Waals surface area contributed by atoms with Crippen LogP contribution in [0.5, 0.6) is 0 Å². The average molecular weight is 381 g/mol. The molecule has 4 nitrogen and oxygen atoms in total. The van der Waals surface area contributed by atoms with Crippen LogP contribution < -0.4 is 4.72 Å². The van der Waals surface area contributed by atoms with E-state index in [-0.39, 0.29) is 21.5 Å². The summed E-state index contributed by atoms with van der Waals surface area (Å²) in [5.74, 6) is 0.581. The molecule has 0 amide bonds. The quantitative estimate of drug-likeness (QED) is 0.824. The Morgan fingerprint density at radius 1 is 1.39 bits per heavy atom. The zero-order valence-corrected chi connectivity index (χ0v) is 15.7. The van der Waals surface area contributed by atoms with Gasteiger partial charge < -0.3 is 4.90 Å². The van der Waals surface area contributed by atoms with Crippen molar-refractivity contribution in [1.82, 2.24) is 9.62 Å². The summed E-state index contributed by atoms with van der Waals surface area (Å²) in [6, 6.07) is 2.23. The van der Waals surface area contributed by atoms with Crippen LogP contribution in [0.25, 0.3) is 0 Å². The second kappa shape index (κ2) is 8.16. The lowest BCUT2D eigenvalue weighted by Gasteiger charge is -2.32. The predicted octanol–water partition coefficient (Wildman–Crippen LogP) is 2.89. The monoisotopic (exact) mass is 380 g/mol. The summed E-state index contributed by atoms with van der Waals surface area (Å²) < 4.78 is 41.2. The van der Waals surface area contributed by atoms with Crippen LogP contribution in [0.1, 0.15) is 18.4 Å². The topological polar surface area (TPSA) is 49.4 Å². The van der Waals surface area contributed by atoms with Gasteiger partial charge in [0.2, 0.25) is 10.0 Å². The standard InChI is InChI=1S/C15H22ClFN2O2S2/c1-11-9-15(13(16)10-14(11)17)23(20,21)18-12-3-5-19(6-4-12)7-8-22-2/h9-10,12,18H,3-8H2,1-2H3. The molecule has 8 heteroatoms. The molecule has 1 heterocycles. The van der Waals surface area contributed by atoms with E-state index in [1.54, 1.807) is 0 Å². The summed E-state index contributed by atoms with van der Waals surface area (Å²) in [7, 11) is -3.74. The Kier molecular flexibility index (Phi) is 6.74. The molecule has 0 atom stereocenters. The third-order valence-corrected chi connectivity index (χ3v) is 6.60. The molecule has 2 rings (SSSR count). The first kappa shape index (κ1) is 19.0. The van der Waals surface area contributed by atoms with Crippen molar-refractivity contribution in [2.75, 3.05) is 31.6 Å². The average Bonchev–Trinajstić information content (AvgIpc) is 2.49. The van der Waals surface area contributed by atoms with Gasteiger partial charge in [-0.3, -0.25) is 0 Å². The van der Waals surface area contributed by atoms with Gasteiger partial charge in [0.25, 0.3) is 0 Å². The molecule has 1 aliphatic rings. The maximum Gasteiger partial charge on any atom is 0.242 e.